The predicted molar refractivity (Wildman–Crippen MR) is 383 cm³/mol. The molecule has 0 saturated heterocycles. The largest absolute Gasteiger partial charge is 0.0622 e. The molecule has 34 aliphatic carbocycles. The number of hydrogen-bond acceptors (Lipinski definition) is 0. The Bertz CT molecular complexity index is 3660. The van der Waals surface area contributed by atoms with Crippen LogP contribution in [0.2, 0.25) is 0 Å². The smallest absolute Gasteiger partial charge is 0.0312 e. The molecule has 0 aromatic heterocycles. The molecule has 34 rings (SSSR count). The summed E-state index contributed by atoms with van der Waals surface area (Å²) in [5.41, 5.74) is 0. The lowest BCUT2D eigenvalue weighted by Crippen LogP contribution is -2.83. The van der Waals surface area contributed by atoms with Crippen LogP contribution >= 0.6 is 0 Å². The van der Waals surface area contributed by atoms with E-state index >= 15 is 0 Å². The average molecular weight is 1320 g/mol. The Morgan fingerprint density at radius 1 is 0.111 bits per heavy atom. The second-order valence-electron chi connectivity index (χ2n) is 51.5. The summed E-state index contributed by atoms with van der Waals surface area (Å²) in [6, 6.07) is 0. The molecule has 0 aliphatic heterocycles. The maximum Gasteiger partial charge on any atom is -0.0312 e. The van der Waals surface area contributed by atoms with Crippen molar-refractivity contribution in [1.29, 1.82) is 0 Å². The van der Waals surface area contributed by atoms with E-state index in [4.69, 9.17) is 0 Å². The van der Waals surface area contributed by atoms with Gasteiger partial charge in [0.15, 0.2) is 0 Å². The van der Waals surface area contributed by atoms with Crippen LogP contribution in [0.1, 0.15) is 200 Å². The number of rotatable bonds is 0. The van der Waals surface area contributed by atoms with Gasteiger partial charge in [-0.2, -0.15) is 0 Å². The Kier molecular flexibility index (Phi) is 9.36. The van der Waals surface area contributed by atoms with Crippen molar-refractivity contribution in [3.8, 4) is 0 Å². The first-order valence-electron chi connectivity index (χ1n) is 49.0. The second kappa shape index (κ2) is 17.0. The van der Waals surface area contributed by atoms with Crippen molar-refractivity contribution >= 4 is 0 Å². The number of fused-ring (bicyclic) bond motifs is 3. The third-order valence-electron chi connectivity index (χ3n) is 53.2. The standard InChI is InChI=1S/C99H132/c1-32-15-33(2)59-55-30-51-28-43-19-39-14-12-35-10-9-34-11-13-38-18-42-21-45-23-47-25-49-26-48-24-46-22-44-20-40-16-36-5-3-7-52-53-8-4-6-37-17-41-27-50-29-54-58(32)56-31-57(59)81-98-79(55)96-77(51)89-69(43)85-65(39)63(35)62(34)64(38)84(85)68(42)88(89)71(45)91(96)73(47)93(98)75(49)94-74(48)92-72(46)90-70(44)86-66(40)82(60(36)52)83(61(37)53)67(41)87(86)76(50)95(90)78(54)97(92)80(56)99(81)94/h32-99H,3-31H2,1-2H3. The first-order chi connectivity index (χ1) is 49.0. The molecule has 0 heterocycles. The van der Waals surface area contributed by atoms with Crippen LogP contribution in [-0.4, -0.2) is 0 Å². The van der Waals surface area contributed by atoms with Gasteiger partial charge < -0.3 is 0 Å². The van der Waals surface area contributed by atoms with Crippen molar-refractivity contribution in [3.63, 3.8) is 0 Å². The molecule has 0 aromatic carbocycles. The molecule has 0 nitrogen and oxygen atoms in total. The molecule has 0 spiro atoms. The van der Waals surface area contributed by atoms with E-state index in [1.165, 1.54) is 320 Å². The van der Waals surface area contributed by atoms with Crippen LogP contribution in [-0.2, 0) is 0 Å². The van der Waals surface area contributed by atoms with E-state index in [9.17, 15) is 0 Å². The van der Waals surface area contributed by atoms with Gasteiger partial charge in [0.05, 0.1) is 0 Å². The van der Waals surface area contributed by atoms with Gasteiger partial charge in [-0.1, -0.05) is 39.5 Å². The van der Waals surface area contributed by atoms with Crippen molar-refractivity contribution < 1.29 is 0 Å². The van der Waals surface area contributed by atoms with Crippen LogP contribution in [0, 0.1) is 402 Å². The first-order valence-corrected chi connectivity index (χ1v) is 49.0. The van der Waals surface area contributed by atoms with Gasteiger partial charge in [-0.25, -0.2) is 0 Å². The summed E-state index contributed by atoms with van der Waals surface area (Å²) in [4.78, 5) is 0. The Hall–Kier alpha value is 0. The van der Waals surface area contributed by atoms with Crippen LogP contribution in [0.15, 0.2) is 0 Å². The summed E-state index contributed by atoms with van der Waals surface area (Å²) in [6.45, 7) is 6.31. The molecule has 68 unspecified atom stereocenters. The number of hydrogen-bond donors (Lipinski definition) is 0. The highest BCUT2D eigenvalue weighted by atomic mass is 14.9. The van der Waals surface area contributed by atoms with Gasteiger partial charge >= 0.3 is 0 Å². The Labute approximate surface area is 598 Å². The molecule has 0 radical (unpaired) electrons. The lowest BCUT2D eigenvalue weighted by Gasteiger charge is -2.88. The molecule has 34 saturated carbocycles. The molecule has 0 heteroatoms. The third-order valence-corrected chi connectivity index (χ3v) is 53.2. The molecule has 68 atom stereocenters. The fourth-order valence-electron chi connectivity index (χ4n) is 56.6. The SMILES string of the molecule is CC1CC(C)C2C3CC4CC5CC6CCC7CCC8CCC9CC%10CC%11CC%12CC%13CC%14CC%15CC%16CC%17CC%18CCCC%19C%20CCCC%21CC%22CC%23CC%24C1C1CC2C2C%25C3C3C4C4C5C5C6C7C8C9C5C%10C4C%11C3C%12C%25C%13C3C%14C4C%15C5C%16C6C%17C(C%18%19)C(C%21%20)C%22C6C%23C5C%24C4C1C23. The average Bonchev–Trinajstić information content (AvgIpc) is 0.631. The minimum absolute atomic E-state index is 1.02. The fourth-order valence-corrected chi connectivity index (χ4v) is 56.6. The van der Waals surface area contributed by atoms with Gasteiger partial charge in [0.2, 0.25) is 0 Å². The highest BCUT2D eigenvalue weighted by Crippen LogP contribution is 2.93. The minimum Gasteiger partial charge on any atom is -0.0622 e. The molecule has 0 amide bonds. The summed E-state index contributed by atoms with van der Waals surface area (Å²) in [7, 11) is 0. The maximum absolute atomic E-state index is 3.16. The summed E-state index contributed by atoms with van der Waals surface area (Å²) >= 11 is 0. The third kappa shape index (κ3) is 5.35. The Morgan fingerprint density at radius 3 is 0.596 bits per heavy atom. The maximum atomic E-state index is 3.16. The van der Waals surface area contributed by atoms with E-state index in [1.807, 2.05) is 57.8 Å². The van der Waals surface area contributed by atoms with E-state index in [1.54, 1.807) is 128 Å². The fraction of sp³-hybridized carbons (Fsp3) is 1.00. The first kappa shape index (κ1) is 54.6. The minimum atomic E-state index is 1.02. The van der Waals surface area contributed by atoms with Crippen LogP contribution in [0.3, 0.4) is 0 Å². The molecular formula is C99H132. The van der Waals surface area contributed by atoms with Crippen LogP contribution in [0.4, 0.5) is 0 Å². The summed E-state index contributed by atoms with van der Waals surface area (Å²) in [6.07, 6.45) is 50.9. The predicted octanol–water partition coefficient (Wildman–Crippen LogP) is 20.7. The molecule has 2 bridgehead atoms. The lowest BCUT2D eigenvalue weighted by molar-refractivity contribution is -0.406. The van der Waals surface area contributed by atoms with Crippen LogP contribution in [0.5, 0.6) is 0 Å². The van der Waals surface area contributed by atoms with E-state index in [0.29, 0.717) is 0 Å². The van der Waals surface area contributed by atoms with E-state index < -0.39 is 0 Å². The normalized spacial score (nSPS) is 81.3. The van der Waals surface area contributed by atoms with Crippen molar-refractivity contribution in [2.75, 3.05) is 0 Å². The van der Waals surface area contributed by atoms with Gasteiger partial charge in [0.25, 0.3) is 0 Å². The molecule has 34 aliphatic rings. The molecule has 0 aromatic rings. The zero-order chi connectivity index (χ0) is 61.8. The quantitative estimate of drug-likeness (QED) is 0.227. The molecule has 99 heavy (non-hydrogen) atoms. The van der Waals surface area contributed by atoms with Crippen LogP contribution in [0.25, 0.3) is 0 Å². The highest BCUT2D eigenvalue weighted by Gasteiger charge is 2.89. The van der Waals surface area contributed by atoms with Crippen molar-refractivity contribution in [1.82, 2.24) is 0 Å². The second-order valence-corrected chi connectivity index (χ2v) is 51.5. The Morgan fingerprint density at radius 2 is 0.303 bits per heavy atom. The zero-order valence-electron chi connectivity index (χ0n) is 61.8. The van der Waals surface area contributed by atoms with E-state index in [-0.39, 0.29) is 0 Å². The molecule has 0 N–H and O–H groups in total. The molecular weight excluding hydrogens is 1190 g/mol. The van der Waals surface area contributed by atoms with Gasteiger partial charge in [-0.05, 0) is 563 Å². The topological polar surface area (TPSA) is 0 Å². The summed E-state index contributed by atoms with van der Waals surface area (Å²) in [5.74, 6) is 81.0. The van der Waals surface area contributed by atoms with Gasteiger partial charge in [-0.15, -0.1) is 0 Å². The van der Waals surface area contributed by atoms with E-state index in [2.05, 4.69) is 13.8 Å². The highest BCUT2D eigenvalue weighted by molar-refractivity contribution is 5.36. The van der Waals surface area contributed by atoms with E-state index in [0.717, 1.165) is 82.9 Å². The van der Waals surface area contributed by atoms with Crippen molar-refractivity contribution in [2.45, 2.75) is 200 Å². The van der Waals surface area contributed by atoms with Gasteiger partial charge in [-0.3, -0.25) is 0 Å². The van der Waals surface area contributed by atoms with Gasteiger partial charge in [0, 0.05) is 0 Å². The molecule has 528 valence electrons. The Balaban J connectivity index is 0.580. The zero-order valence-corrected chi connectivity index (χ0v) is 61.8. The van der Waals surface area contributed by atoms with Crippen molar-refractivity contribution in [3.05, 3.63) is 0 Å². The van der Waals surface area contributed by atoms with Gasteiger partial charge in [0.1, 0.15) is 0 Å². The van der Waals surface area contributed by atoms with Crippen molar-refractivity contribution in [2.24, 2.45) is 402 Å². The molecule has 34 fully saturated rings. The monoisotopic (exact) mass is 1320 g/mol. The summed E-state index contributed by atoms with van der Waals surface area (Å²) in [5, 5.41) is 0. The van der Waals surface area contributed by atoms with Crippen LogP contribution < -0.4 is 0 Å². The summed E-state index contributed by atoms with van der Waals surface area (Å²) < 4.78 is 0. The lowest BCUT2D eigenvalue weighted by atomic mass is 9.17.